The molecule has 0 aromatic heterocycles. The maximum atomic E-state index is 12.4. The minimum atomic E-state index is -3.69. The Kier molecular flexibility index (Phi) is 4.14. The Morgan fingerprint density at radius 2 is 2.00 bits per heavy atom. The van der Waals surface area contributed by atoms with Crippen molar-refractivity contribution < 1.29 is 13.5 Å². The molecule has 1 heterocycles. The molecule has 0 radical (unpaired) electrons. The number of nitrogens with zero attached hydrogens (tertiary/aromatic N) is 1. The highest BCUT2D eigenvalue weighted by atomic mass is 35.5. The molecular formula is C12H15Cl2NO3S. The molecule has 1 fully saturated rings. The third-order valence-electron chi connectivity index (χ3n) is 3.19. The van der Waals surface area contributed by atoms with Crippen LogP contribution in [-0.2, 0) is 10.0 Å². The normalized spacial score (nSPS) is 19.2. The van der Waals surface area contributed by atoms with Crippen LogP contribution in [0.5, 0.6) is 0 Å². The lowest BCUT2D eigenvalue weighted by molar-refractivity contribution is -0.0653. The summed E-state index contributed by atoms with van der Waals surface area (Å²) in [5.74, 6) is 0. The molecule has 2 rings (SSSR count). The van der Waals surface area contributed by atoms with Gasteiger partial charge in [-0.1, -0.05) is 42.6 Å². The molecule has 0 spiro atoms. The van der Waals surface area contributed by atoms with Gasteiger partial charge in [-0.2, -0.15) is 4.31 Å². The molecule has 0 bridgehead atoms. The van der Waals surface area contributed by atoms with E-state index in [-0.39, 0.29) is 28.0 Å². The van der Waals surface area contributed by atoms with Gasteiger partial charge in [-0.15, -0.1) is 0 Å². The van der Waals surface area contributed by atoms with E-state index in [2.05, 4.69) is 0 Å². The number of halogens is 2. The van der Waals surface area contributed by atoms with Crippen LogP contribution < -0.4 is 0 Å². The predicted molar refractivity (Wildman–Crippen MR) is 75.1 cm³/mol. The molecule has 1 saturated heterocycles. The predicted octanol–water partition coefficient (Wildman–Crippen LogP) is 2.53. The standard InChI is InChI=1S/C12H15Cl2NO3S/c1-2-6-12(16)7-15(8-12)19(17,18)10-5-3-4-9(13)11(10)14/h3-5,16H,2,6-8H2,1H3. The van der Waals surface area contributed by atoms with Crippen LogP contribution in [0.4, 0.5) is 0 Å². The van der Waals surface area contributed by atoms with Gasteiger partial charge >= 0.3 is 0 Å². The molecule has 0 aliphatic carbocycles. The number of aliphatic hydroxyl groups is 1. The first-order chi connectivity index (χ1) is 8.80. The van der Waals surface area contributed by atoms with Crippen molar-refractivity contribution in [3.63, 3.8) is 0 Å². The SMILES string of the molecule is CCCC1(O)CN(S(=O)(=O)c2cccc(Cl)c2Cl)C1. The van der Waals surface area contributed by atoms with Crippen molar-refractivity contribution in [1.82, 2.24) is 4.31 Å². The Labute approximate surface area is 123 Å². The molecule has 4 nitrogen and oxygen atoms in total. The summed E-state index contributed by atoms with van der Waals surface area (Å²) in [4.78, 5) is -0.0137. The lowest BCUT2D eigenvalue weighted by Gasteiger charge is -2.45. The van der Waals surface area contributed by atoms with Crippen molar-refractivity contribution in [2.75, 3.05) is 13.1 Å². The molecule has 0 atom stereocenters. The summed E-state index contributed by atoms with van der Waals surface area (Å²) in [6.45, 7) is 2.15. The fourth-order valence-corrected chi connectivity index (χ4v) is 4.56. The lowest BCUT2D eigenvalue weighted by Crippen LogP contribution is -2.63. The van der Waals surface area contributed by atoms with Crippen molar-refractivity contribution >= 4 is 33.2 Å². The fourth-order valence-electron chi connectivity index (χ4n) is 2.23. The molecule has 1 aliphatic rings. The van der Waals surface area contributed by atoms with E-state index in [1.54, 1.807) is 6.07 Å². The summed E-state index contributed by atoms with van der Waals surface area (Å²) in [5.41, 5.74) is -0.910. The van der Waals surface area contributed by atoms with Gasteiger partial charge < -0.3 is 5.11 Å². The zero-order chi connectivity index (χ0) is 14.3. The Hall–Kier alpha value is -0.330. The molecular weight excluding hydrogens is 309 g/mol. The number of rotatable bonds is 4. The van der Waals surface area contributed by atoms with Gasteiger partial charge in [0, 0.05) is 13.1 Å². The van der Waals surface area contributed by atoms with Crippen molar-refractivity contribution in [1.29, 1.82) is 0 Å². The van der Waals surface area contributed by atoms with Gasteiger partial charge in [0.1, 0.15) is 4.90 Å². The van der Waals surface area contributed by atoms with Gasteiger partial charge in [0.15, 0.2) is 0 Å². The van der Waals surface area contributed by atoms with Gasteiger partial charge in [-0.3, -0.25) is 0 Å². The number of hydrogen-bond acceptors (Lipinski definition) is 3. The first kappa shape index (κ1) is 15.1. The van der Waals surface area contributed by atoms with Gasteiger partial charge in [0.2, 0.25) is 10.0 Å². The topological polar surface area (TPSA) is 57.6 Å². The Bertz CT molecular complexity index is 583. The van der Waals surface area contributed by atoms with Gasteiger partial charge in [-0.25, -0.2) is 8.42 Å². The second-order valence-corrected chi connectivity index (χ2v) is 7.49. The Balaban J connectivity index is 2.24. The largest absolute Gasteiger partial charge is 0.387 e. The first-order valence-corrected chi connectivity index (χ1v) is 8.16. The fraction of sp³-hybridized carbons (Fsp3) is 0.500. The van der Waals surface area contributed by atoms with Crippen LogP contribution in [-0.4, -0.2) is 36.5 Å². The molecule has 0 amide bonds. The van der Waals surface area contributed by atoms with Crippen molar-refractivity contribution in [3.8, 4) is 0 Å². The van der Waals surface area contributed by atoms with Gasteiger partial charge in [0.05, 0.1) is 15.6 Å². The van der Waals surface area contributed by atoms with E-state index >= 15 is 0 Å². The van der Waals surface area contributed by atoms with Crippen LogP contribution in [0.15, 0.2) is 23.1 Å². The van der Waals surface area contributed by atoms with E-state index in [1.807, 2.05) is 6.92 Å². The molecule has 0 saturated carbocycles. The first-order valence-electron chi connectivity index (χ1n) is 5.97. The average molecular weight is 324 g/mol. The van der Waals surface area contributed by atoms with Crippen LogP contribution in [0.2, 0.25) is 10.0 Å². The minimum Gasteiger partial charge on any atom is -0.387 e. The van der Waals surface area contributed by atoms with Crippen LogP contribution in [0.25, 0.3) is 0 Å². The van der Waals surface area contributed by atoms with Gasteiger partial charge in [-0.05, 0) is 18.6 Å². The Morgan fingerprint density at radius 1 is 1.37 bits per heavy atom. The average Bonchev–Trinajstić information content (AvgIpc) is 2.29. The molecule has 106 valence electrons. The van der Waals surface area contributed by atoms with Crippen LogP contribution in [0.1, 0.15) is 19.8 Å². The summed E-state index contributed by atoms with van der Waals surface area (Å²) in [7, 11) is -3.69. The van der Waals surface area contributed by atoms with E-state index < -0.39 is 15.6 Å². The van der Waals surface area contributed by atoms with Crippen molar-refractivity contribution in [2.45, 2.75) is 30.3 Å². The quantitative estimate of drug-likeness (QED) is 0.926. The summed E-state index contributed by atoms with van der Waals surface area (Å²) in [5, 5.41) is 10.3. The zero-order valence-corrected chi connectivity index (χ0v) is 12.8. The van der Waals surface area contributed by atoms with E-state index in [0.29, 0.717) is 6.42 Å². The Morgan fingerprint density at radius 3 is 2.58 bits per heavy atom. The number of benzene rings is 1. The molecule has 0 unspecified atom stereocenters. The zero-order valence-electron chi connectivity index (χ0n) is 10.4. The highest BCUT2D eigenvalue weighted by Crippen LogP contribution is 2.35. The summed E-state index contributed by atoms with van der Waals surface area (Å²) >= 11 is 11.8. The summed E-state index contributed by atoms with van der Waals surface area (Å²) in [6, 6.07) is 4.49. The highest BCUT2D eigenvalue weighted by molar-refractivity contribution is 7.89. The second kappa shape index (κ2) is 5.22. The van der Waals surface area contributed by atoms with E-state index in [1.165, 1.54) is 16.4 Å². The third kappa shape index (κ3) is 2.76. The lowest BCUT2D eigenvalue weighted by atomic mass is 9.92. The molecule has 19 heavy (non-hydrogen) atoms. The monoisotopic (exact) mass is 323 g/mol. The molecule has 1 aromatic rings. The van der Waals surface area contributed by atoms with Crippen LogP contribution in [0, 0.1) is 0 Å². The van der Waals surface area contributed by atoms with Crippen molar-refractivity contribution in [3.05, 3.63) is 28.2 Å². The van der Waals surface area contributed by atoms with Gasteiger partial charge in [0.25, 0.3) is 0 Å². The smallest absolute Gasteiger partial charge is 0.244 e. The maximum absolute atomic E-state index is 12.4. The minimum absolute atomic E-state index is 0.0137. The van der Waals surface area contributed by atoms with Crippen molar-refractivity contribution in [2.24, 2.45) is 0 Å². The third-order valence-corrected chi connectivity index (χ3v) is 5.96. The molecule has 1 N–H and O–H groups in total. The van der Waals surface area contributed by atoms with E-state index in [0.717, 1.165) is 6.42 Å². The maximum Gasteiger partial charge on any atom is 0.244 e. The molecule has 1 aliphatic heterocycles. The molecule has 1 aromatic carbocycles. The summed E-state index contributed by atoms with van der Waals surface area (Å²) < 4.78 is 25.9. The molecule has 7 heteroatoms. The second-order valence-electron chi connectivity index (χ2n) is 4.80. The highest BCUT2D eigenvalue weighted by Gasteiger charge is 2.47. The van der Waals surface area contributed by atoms with E-state index in [4.69, 9.17) is 23.2 Å². The summed E-state index contributed by atoms with van der Waals surface area (Å²) in [6.07, 6.45) is 1.39. The number of β-amino-alcohol motifs (C(OH)–C–C–N with tert-alkyl or cyclic N) is 1. The van der Waals surface area contributed by atoms with E-state index in [9.17, 15) is 13.5 Å². The van der Waals surface area contributed by atoms with Crippen LogP contribution in [0.3, 0.4) is 0 Å². The number of sulfonamides is 1. The number of hydrogen-bond donors (Lipinski definition) is 1. The van der Waals surface area contributed by atoms with Crippen LogP contribution >= 0.6 is 23.2 Å².